The van der Waals surface area contributed by atoms with Crippen LogP contribution in [0, 0.1) is 5.82 Å². The Kier molecular flexibility index (Phi) is 4.71. The van der Waals surface area contributed by atoms with Crippen LogP contribution < -0.4 is 0 Å². The Balaban J connectivity index is 1.78. The summed E-state index contributed by atoms with van der Waals surface area (Å²) in [4.78, 5) is 3.75. The van der Waals surface area contributed by atoms with Crippen LogP contribution in [0.15, 0.2) is 78.3 Å². The highest BCUT2D eigenvalue weighted by Crippen LogP contribution is 2.28. The zero-order valence-electron chi connectivity index (χ0n) is 14.7. The van der Waals surface area contributed by atoms with Gasteiger partial charge in [-0.3, -0.25) is 4.98 Å². The number of rotatable bonds is 5. The minimum Gasteiger partial charge on any atom is -0.263 e. The topological polar surface area (TPSA) is 69.8 Å². The molecule has 4 aromatic rings. The maximum Gasteiger partial charge on any atom is 0.333 e. The molecule has 0 radical (unpaired) electrons. The van der Waals surface area contributed by atoms with Crippen LogP contribution in [-0.4, -0.2) is 27.2 Å². The van der Waals surface area contributed by atoms with E-state index < -0.39 is 22.4 Å². The SMILES string of the molecule is O=S(=O)(c1cncc(-c2cnn(C(F)F)c2)c1)n1cccc1-c1ccccc1F. The summed E-state index contributed by atoms with van der Waals surface area (Å²) < 4.78 is 67.4. The van der Waals surface area contributed by atoms with Crippen molar-refractivity contribution in [3.05, 3.63) is 79.3 Å². The van der Waals surface area contributed by atoms with Gasteiger partial charge < -0.3 is 0 Å². The van der Waals surface area contributed by atoms with Crippen LogP contribution in [0.25, 0.3) is 22.4 Å². The Morgan fingerprint density at radius 1 is 0.966 bits per heavy atom. The summed E-state index contributed by atoms with van der Waals surface area (Å²) in [6.07, 6.45) is 6.08. The standard InChI is InChI=1S/C19H13F3N4O2S/c20-17-5-2-1-4-16(17)18-6-3-7-26(18)29(27,28)15-8-13(9-23-11-15)14-10-24-25(12-14)19(21)22/h1-12,19H. The van der Waals surface area contributed by atoms with E-state index in [1.807, 2.05) is 0 Å². The lowest BCUT2D eigenvalue weighted by atomic mass is 10.1. The fourth-order valence-electron chi connectivity index (χ4n) is 2.88. The number of alkyl halides is 2. The maximum absolute atomic E-state index is 14.2. The Bertz CT molecular complexity index is 1280. The summed E-state index contributed by atoms with van der Waals surface area (Å²) >= 11 is 0. The molecule has 1 aromatic carbocycles. The molecule has 4 rings (SSSR count). The van der Waals surface area contributed by atoms with Crippen LogP contribution in [-0.2, 0) is 10.0 Å². The molecule has 0 bridgehead atoms. The van der Waals surface area contributed by atoms with E-state index in [1.165, 1.54) is 55.0 Å². The van der Waals surface area contributed by atoms with Crippen molar-refractivity contribution in [1.82, 2.24) is 18.7 Å². The van der Waals surface area contributed by atoms with E-state index >= 15 is 0 Å². The van der Waals surface area contributed by atoms with Crippen molar-refractivity contribution in [1.29, 1.82) is 0 Å². The normalized spacial score (nSPS) is 11.9. The number of hydrogen-bond acceptors (Lipinski definition) is 4. The summed E-state index contributed by atoms with van der Waals surface area (Å²) in [6, 6.07) is 10.1. The molecule has 148 valence electrons. The van der Waals surface area contributed by atoms with Crippen molar-refractivity contribution in [2.75, 3.05) is 0 Å². The smallest absolute Gasteiger partial charge is 0.263 e. The third kappa shape index (κ3) is 3.42. The fourth-order valence-corrected chi connectivity index (χ4v) is 4.22. The molecule has 29 heavy (non-hydrogen) atoms. The van der Waals surface area contributed by atoms with E-state index in [2.05, 4.69) is 10.1 Å². The lowest BCUT2D eigenvalue weighted by molar-refractivity contribution is 0.0566. The van der Waals surface area contributed by atoms with E-state index in [4.69, 9.17) is 0 Å². The molecule has 0 spiro atoms. The Labute approximate surface area is 163 Å². The zero-order valence-corrected chi connectivity index (χ0v) is 15.5. The Morgan fingerprint density at radius 3 is 2.48 bits per heavy atom. The predicted molar refractivity (Wildman–Crippen MR) is 99.1 cm³/mol. The molecule has 3 heterocycles. The quantitative estimate of drug-likeness (QED) is 0.488. The number of pyridine rings is 1. The molecule has 0 aliphatic carbocycles. The molecule has 0 amide bonds. The summed E-state index contributed by atoms with van der Waals surface area (Å²) in [5, 5.41) is 3.54. The highest BCUT2D eigenvalue weighted by atomic mass is 32.2. The minimum absolute atomic E-state index is 0.128. The molecule has 0 saturated carbocycles. The molecule has 0 aliphatic heterocycles. The molecule has 0 saturated heterocycles. The average Bonchev–Trinajstić information content (AvgIpc) is 3.39. The molecule has 10 heteroatoms. The summed E-state index contributed by atoms with van der Waals surface area (Å²) in [6.45, 7) is -2.81. The largest absolute Gasteiger partial charge is 0.333 e. The van der Waals surface area contributed by atoms with Crippen molar-refractivity contribution in [2.24, 2.45) is 0 Å². The van der Waals surface area contributed by atoms with Gasteiger partial charge in [0.25, 0.3) is 10.0 Å². The molecular weight excluding hydrogens is 405 g/mol. The first-order valence-electron chi connectivity index (χ1n) is 8.33. The van der Waals surface area contributed by atoms with Gasteiger partial charge in [-0.2, -0.15) is 13.9 Å². The van der Waals surface area contributed by atoms with Crippen LogP contribution in [0.3, 0.4) is 0 Å². The zero-order chi connectivity index (χ0) is 20.6. The van der Waals surface area contributed by atoms with Crippen LogP contribution in [0.2, 0.25) is 0 Å². The minimum atomic E-state index is -4.12. The lowest BCUT2D eigenvalue weighted by Gasteiger charge is -2.11. The van der Waals surface area contributed by atoms with Crippen molar-refractivity contribution in [3.63, 3.8) is 0 Å². The van der Waals surface area contributed by atoms with E-state index in [0.29, 0.717) is 10.2 Å². The van der Waals surface area contributed by atoms with Crippen molar-refractivity contribution in [2.45, 2.75) is 11.4 Å². The second-order valence-electron chi connectivity index (χ2n) is 6.07. The van der Waals surface area contributed by atoms with Gasteiger partial charge in [0.05, 0.1) is 11.9 Å². The van der Waals surface area contributed by atoms with E-state index in [1.54, 1.807) is 6.07 Å². The number of nitrogens with zero attached hydrogens (tertiary/aromatic N) is 4. The van der Waals surface area contributed by atoms with Crippen LogP contribution in [0.5, 0.6) is 0 Å². The molecule has 3 aromatic heterocycles. The number of hydrogen-bond donors (Lipinski definition) is 0. The third-order valence-corrected chi connectivity index (χ3v) is 5.92. The van der Waals surface area contributed by atoms with Gasteiger partial charge in [-0.15, -0.1) is 0 Å². The molecule has 0 atom stereocenters. The monoisotopic (exact) mass is 418 g/mol. The van der Waals surface area contributed by atoms with Crippen molar-refractivity contribution in [3.8, 4) is 22.4 Å². The summed E-state index contributed by atoms with van der Waals surface area (Å²) in [5.41, 5.74) is 0.872. The predicted octanol–water partition coefficient (Wildman–Crippen LogP) is 4.18. The Hall–Kier alpha value is -3.40. The second-order valence-corrected chi connectivity index (χ2v) is 7.89. The van der Waals surface area contributed by atoms with Crippen molar-refractivity contribution < 1.29 is 21.6 Å². The molecule has 0 N–H and O–H groups in total. The van der Waals surface area contributed by atoms with Crippen molar-refractivity contribution >= 4 is 10.0 Å². The molecule has 0 fully saturated rings. The maximum atomic E-state index is 14.2. The first-order valence-corrected chi connectivity index (χ1v) is 9.77. The van der Waals surface area contributed by atoms with Gasteiger partial charge in [0.1, 0.15) is 10.7 Å². The number of benzene rings is 1. The molecular formula is C19H13F3N4O2S. The van der Waals surface area contributed by atoms with E-state index in [-0.39, 0.29) is 21.7 Å². The first kappa shape index (κ1) is 18.9. The third-order valence-electron chi connectivity index (χ3n) is 4.27. The summed E-state index contributed by atoms with van der Waals surface area (Å²) in [7, 11) is -4.12. The van der Waals surface area contributed by atoms with Gasteiger partial charge in [-0.25, -0.2) is 21.5 Å². The number of aromatic nitrogens is 4. The summed E-state index contributed by atoms with van der Waals surface area (Å²) in [5.74, 6) is -0.561. The molecule has 0 aliphatic rings. The lowest BCUT2D eigenvalue weighted by Crippen LogP contribution is -2.14. The average molecular weight is 418 g/mol. The van der Waals surface area contributed by atoms with Crippen LogP contribution in [0.4, 0.5) is 13.2 Å². The fraction of sp³-hybridized carbons (Fsp3) is 0.0526. The highest BCUT2D eigenvalue weighted by Gasteiger charge is 2.22. The Morgan fingerprint density at radius 2 is 1.76 bits per heavy atom. The van der Waals surface area contributed by atoms with Gasteiger partial charge in [0.15, 0.2) is 0 Å². The van der Waals surface area contributed by atoms with E-state index in [0.717, 1.165) is 16.4 Å². The first-order chi connectivity index (χ1) is 13.9. The second kappa shape index (κ2) is 7.21. The van der Waals surface area contributed by atoms with Gasteiger partial charge in [-0.1, -0.05) is 12.1 Å². The van der Waals surface area contributed by atoms with Gasteiger partial charge >= 0.3 is 6.55 Å². The van der Waals surface area contributed by atoms with Gasteiger partial charge in [-0.05, 0) is 30.3 Å². The molecule has 6 nitrogen and oxygen atoms in total. The highest BCUT2D eigenvalue weighted by molar-refractivity contribution is 7.90. The molecule has 0 unspecified atom stereocenters. The van der Waals surface area contributed by atoms with Gasteiger partial charge in [0, 0.05) is 41.5 Å². The number of halogens is 3. The van der Waals surface area contributed by atoms with Crippen LogP contribution >= 0.6 is 0 Å². The van der Waals surface area contributed by atoms with Crippen LogP contribution in [0.1, 0.15) is 6.55 Å². The van der Waals surface area contributed by atoms with Gasteiger partial charge in [0.2, 0.25) is 0 Å². The van der Waals surface area contributed by atoms with E-state index in [9.17, 15) is 21.6 Å².